The van der Waals surface area contributed by atoms with Gasteiger partial charge in [-0.3, -0.25) is 28.8 Å². The number of carboxylic acids is 3. The monoisotopic (exact) mass is 433 g/mol. The number of hydrogen-bond donors (Lipinski definition) is 8. The van der Waals surface area contributed by atoms with E-state index in [1.807, 2.05) is 5.32 Å². The number of carboxylic acid groups (broad SMARTS) is 3. The molecule has 0 aliphatic carbocycles. The molecule has 0 aromatic rings. The first kappa shape index (κ1) is 26.2. The molecule has 0 aliphatic rings. The van der Waals surface area contributed by atoms with E-state index in [0.717, 1.165) is 0 Å². The third-order valence-corrected chi connectivity index (χ3v) is 3.47. The van der Waals surface area contributed by atoms with Crippen LogP contribution < -0.4 is 27.4 Å². The Morgan fingerprint density at radius 1 is 0.800 bits per heavy atom. The summed E-state index contributed by atoms with van der Waals surface area (Å²) in [5.41, 5.74) is 10.3. The maximum absolute atomic E-state index is 12.2. The van der Waals surface area contributed by atoms with Crippen molar-refractivity contribution in [3.8, 4) is 0 Å². The molecule has 0 radical (unpaired) electrons. The average molecular weight is 433 g/mol. The first-order valence-electron chi connectivity index (χ1n) is 8.41. The predicted molar refractivity (Wildman–Crippen MR) is 95.4 cm³/mol. The van der Waals surface area contributed by atoms with Gasteiger partial charge in [0.15, 0.2) is 0 Å². The van der Waals surface area contributed by atoms with Gasteiger partial charge in [-0.15, -0.1) is 0 Å². The number of nitrogens with one attached hydrogen (secondary N) is 3. The lowest BCUT2D eigenvalue weighted by molar-refractivity contribution is -0.147. The fraction of sp³-hybridized carbons (Fsp3) is 0.533. The van der Waals surface area contributed by atoms with E-state index in [-0.39, 0.29) is 0 Å². The van der Waals surface area contributed by atoms with Crippen LogP contribution in [-0.4, -0.2) is 81.5 Å². The van der Waals surface area contributed by atoms with E-state index >= 15 is 0 Å². The van der Waals surface area contributed by atoms with Crippen molar-refractivity contribution in [3.63, 3.8) is 0 Å². The molecule has 15 heteroatoms. The van der Waals surface area contributed by atoms with Gasteiger partial charge >= 0.3 is 17.9 Å². The SMILES string of the molecule is NC(=O)CC(N)C(=O)NCC(=O)NC(CCC(=O)O)C(=O)NC(CC(=O)O)C(=O)O. The summed E-state index contributed by atoms with van der Waals surface area (Å²) in [6, 6.07) is -4.65. The summed E-state index contributed by atoms with van der Waals surface area (Å²) in [5, 5.41) is 32.5. The van der Waals surface area contributed by atoms with Gasteiger partial charge in [0.1, 0.15) is 12.1 Å². The lowest BCUT2D eigenvalue weighted by atomic mass is 10.1. The Morgan fingerprint density at radius 3 is 1.87 bits per heavy atom. The lowest BCUT2D eigenvalue weighted by Gasteiger charge is -2.20. The first-order valence-corrected chi connectivity index (χ1v) is 8.41. The maximum atomic E-state index is 12.2. The number of carbonyl (C=O) groups excluding carboxylic acids is 4. The zero-order chi connectivity index (χ0) is 23.4. The zero-order valence-electron chi connectivity index (χ0n) is 15.6. The van der Waals surface area contributed by atoms with E-state index < -0.39 is 91.9 Å². The number of primary amides is 1. The minimum absolute atomic E-state index is 0.443. The minimum Gasteiger partial charge on any atom is -0.481 e. The van der Waals surface area contributed by atoms with Crippen LogP contribution in [0, 0.1) is 0 Å². The van der Waals surface area contributed by atoms with Crippen molar-refractivity contribution in [3.05, 3.63) is 0 Å². The highest BCUT2D eigenvalue weighted by molar-refractivity contribution is 5.94. The summed E-state index contributed by atoms with van der Waals surface area (Å²) >= 11 is 0. The summed E-state index contributed by atoms with van der Waals surface area (Å²) < 4.78 is 0. The van der Waals surface area contributed by atoms with Crippen LogP contribution in [0.15, 0.2) is 0 Å². The Bertz CT molecular complexity index is 710. The van der Waals surface area contributed by atoms with Crippen LogP contribution in [-0.2, 0) is 33.6 Å². The molecule has 168 valence electrons. The van der Waals surface area contributed by atoms with Crippen molar-refractivity contribution in [1.29, 1.82) is 0 Å². The molecule has 0 rings (SSSR count). The Kier molecular flexibility index (Phi) is 11.1. The molecule has 3 unspecified atom stereocenters. The van der Waals surface area contributed by atoms with Gasteiger partial charge in [0.2, 0.25) is 23.6 Å². The molecule has 30 heavy (non-hydrogen) atoms. The smallest absolute Gasteiger partial charge is 0.326 e. The molecule has 0 saturated heterocycles. The largest absolute Gasteiger partial charge is 0.481 e. The van der Waals surface area contributed by atoms with E-state index in [1.54, 1.807) is 0 Å². The van der Waals surface area contributed by atoms with Crippen LogP contribution in [0.5, 0.6) is 0 Å². The second-order valence-electron chi connectivity index (χ2n) is 6.04. The second kappa shape index (κ2) is 12.7. The summed E-state index contributed by atoms with van der Waals surface area (Å²) in [5.74, 6) is -8.29. The highest BCUT2D eigenvalue weighted by Gasteiger charge is 2.28. The third kappa shape index (κ3) is 11.2. The van der Waals surface area contributed by atoms with Crippen LogP contribution >= 0.6 is 0 Å². The van der Waals surface area contributed by atoms with Crippen LogP contribution in [0.2, 0.25) is 0 Å². The quantitative estimate of drug-likeness (QED) is 0.130. The molecule has 0 aromatic carbocycles. The Hall–Kier alpha value is -3.75. The van der Waals surface area contributed by atoms with Crippen molar-refractivity contribution in [2.24, 2.45) is 11.5 Å². The van der Waals surface area contributed by atoms with E-state index in [2.05, 4.69) is 10.6 Å². The summed E-state index contributed by atoms with van der Waals surface area (Å²) in [6.07, 6.45) is -2.45. The van der Waals surface area contributed by atoms with Crippen molar-refractivity contribution in [2.75, 3.05) is 6.54 Å². The number of aliphatic carboxylic acids is 3. The summed E-state index contributed by atoms with van der Waals surface area (Å²) in [7, 11) is 0. The lowest BCUT2D eigenvalue weighted by Crippen LogP contribution is -2.54. The molecule has 0 aromatic heterocycles. The fourth-order valence-electron chi connectivity index (χ4n) is 2.04. The van der Waals surface area contributed by atoms with Crippen molar-refractivity contribution in [1.82, 2.24) is 16.0 Å². The fourth-order valence-corrected chi connectivity index (χ4v) is 2.04. The van der Waals surface area contributed by atoms with Gasteiger partial charge in [0, 0.05) is 6.42 Å². The van der Waals surface area contributed by atoms with Gasteiger partial charge in [0.25, 0.3) is 0 Å². The highest BCUT2D eigenvalue weighted by atomic mass is 16.4. The normalized spacial score (nSPS) is 13.2. The predicted octanol–water partition coefficient (Wildman–Crippen LogP) is -4.30. The summed E-state index contributed by atoms with van der Waals surface area (Å²) in [6.45, 7) is -0.695. The van der Waals surface area contributed by atoms with E-state index in [9.17, 15) is 33.6 Å². The molecule has 0 aliphatic heterocycles. The maximum Gasteiger partial charge on any atom is 0.326 e. The molecule has 15 nitrogen and oxygen atoms in total. The van der Waals surface area contributed by atoms with Crippen molar-refractivity contribution < 1.29 is 48.9 Å². The van der Waals surface area contributed by atoms with Gasteiger partial charge < -0.3 is 42.7 Å². The highest BCUT2D eigenvalue weighted by Crippen LogP contribution is 2.01. The van der Waals surface area contributed by atoms with Crippen molar-refractivity contribution in [2.45, 2.75) is 43.8 Å². The van der Waals surface area contributed by atoms with Crippen molar-refractivity contribution >= 4 is 41.5 Å². The number of nitrogens with two attached hydrogens (primary N) is 2. The Balaban J connectivity index is 5.00. The molecule has 0 fully saturated rings. The molecule has 0 saturated carbocycles. The van der Waals surface area contributed by atoms with E-state index in [1.165, 1.54) is 0 Å². The van der Waals surface area contributed by atoms with Gasteiger partial charge in [-0.05, 0) is 6.42 Å². The van der Waals surface area contributed by atoms with Crippen LogP contribution in [0.4, 0.5) is 0 Å². The van der Waals surface area contributed by atoms with Gasteiger partial charge in [0.05, 0.1) is 25.4 Å². The Morgan fingerprint density at radius 2 is 1.40 bits per heavy atom. The first-order chi connectivity index (χ1) is 13.8. The molecule has 0 bridgehead atoms. The number of rotatable bonds is 14. The number of carbonyl (C=O) groups is 7. The van der Waals surface area contributed by atoms with E-state index in [4.69, 9.17) is 26.8 Å². The molecule has 0 heterocycles. The molecule has 4 amide bonds. The van der Waals surface area contributed by atoms with Crippen LogP contribution in [0.25, 0.3) is 0 Å². The average Bonchev–Trinajstić information content (AvgIpc) is 2.61. The molecule has 0 spiro atoms. The Labute approximate surface area is 169 Å². The standard InChI is InChI=1S/C15H23N5O10/c16-6(3-9(17)21)13(27)18-5-10(22)19-7(1-2-11(23)24)14(28)20-8(15(29)30)4-12(25)26/h6-8H,1-5,16H2,(H2,17,21)(H,18,27)(H,19,22)(H,20,28)(H,23,24)(H,25,26)(H,29,30). The number of hydrogen-bond acceptors (Lipinski definition) is 8. The van der Waals surface area contributed by atoms with Gasteiger partial charge in [-0.25, -0.2) is 4.79 Å². The molecular formula is C15H23N5O10. The zero-order valence-corrected chi connectivity index (χ0v) is 15.6. The van der Waals surface area contributed by atoms with Gasteiger partial charge in [-0.1, -0.05) is 0 Å². The van der Waals surface area contributed by atoms with Gasteiger partial charge in [-0.2, -0.15) is 0 Å². The second-order valence-corrected chi connectivity index (χ2v) is 6.04. The number of amides is 4. The molecule has 3 atom stereocenters. The topological polar surface area (TPSA) is 268 Å². The van der Waals surface area contributed by atoms with Crippen LogP contribution in [0.1, 0.15) is 25.7 Å². The third-order valence-electron chi connectivity index (χ3n) is 3.47. The van der Waals surface area contributed by atoms with E-state index in [0.29, 0.717) is 0 Å². The van der Waals surface area contributed by atoms with Crippen LogP contribution in [0.3, 0.4) is 0 Å². The minimum atomic E-state index is -1.81. The summed E-state index contributed by atoms with van der Waals surface area (Å²) in [4.78, 5) is 79.0. The molecular weight excluding hydrogens is 410 g/mol. The molecule has 10 N–H and O–H groups in total.